The Kier molecular flexibility index (Phi) is 10.3. The molecule has 10 nitrogen and oxygen atoms in total. The number of alkyl halides is 6. The van der Waals surface area contributed by atoms with Crippen molar-refractivity contribution in [2.75, 3.05) is 49.9 Å². The fourth-order valence-electron chi connectivity index (χ4n) is 2.22. The summed E-state index contributed by atoms with van der Waals surface area (Å²) in [5.41, 5.74) is 0. The molecule has 3 rings (SSSR count). The average Bonchev–Trinajstić information content (AvgIpc) is 2.62. The molecule has 0 aromatic heterocycles. The van der Waals surface area contributed by atoms with Gasteiger partial charge in [0.1, 0.15) is 11.5 Å². The van der Waals surface area contributed by atoms with Crippen LogP contribution in [0.3, 0.4) is 0 Å². The van der Waals surface area contributed by atoms with E-state index in [4.69, 9.17) is 4.74 Å². The van der Waals surface area contributed by atoms with Crippen molar-refractivity contribution in [1.29, 1.82) is 0 Å². The summed E-state index contributed by atoms with van der Waals surface area (Å²) >= 11 is -7.25. The summed E-state index contributed by atoms with van der Waals surface area (Å²) in [5, 5.41) is -11.3. The van der Waals surface area contributed by atoms with E-state index in [-0.39, 0.29) is 0 Å². The zero-order valence-electron chi connectivity index (χ0n) is 17.0. The van der Waals surface area contributed by atoms with Gasteiger partial charge < -0.3 is 18.0 Å². The molecule has 0 saturated carbocycles. The topological polar surface area (TPSA) is 133 Å². The molecule has 0 radical (unpaired) electrons. The summed E-state index contributed by atoms with van der Waals surface area (Å²) < 4.78 is 151. The summed E-state index contributed by atoms with van der Waals surface area (Å²) in [7, 11) is -6.16. The van der Waals surface area contributed by atoms with Crippen molar-refractivity contribution in [1.82, 2.24) is 4.90 Å². The van der Waals surface area contributed by atoms with E-state index in [1.54, 1.807) is 0 Å². The Morgan fingerprint density at radius 1 is 0.818 bits per heavy atom. The molecule has 0 spiro atoms. The van der Waals surface area contributed by atoms with Crippen LogP contribution in [0.25, 0.3) is 0 Å². The molecular formula is C13H20F6NO9S4-. The molecule has 2 atom stereocenters. The Morgan fingerprint density at radius 2 is 1.18 bits per heavy atom. The Morgan fingerprint density at radius 3 is 1.45 bits per heavy atom. The van der Waals surface area contributed by atoms with Gasteiger partial charge in [-0.15, -0.1) is 6.92 Å². The van der Waals surface area contributed by atoms with Gasteiger partial charge in [0.15, 0.2) is 24.8 Å². The average molecular weight is 577 g/mol. The highest BCUT2D eigenvalue weighted by Crippen LogP contribution is 2.44. The van der Waals surface area contributed by atoms with Crippen LogP contribution in [0.5, 0.6) is 0 Å². The van der Waals surface area contributed by atoms with Gasteiger partial charge in [-0.2, -0.15) is 17.6 Å². The molecule has 2 unspecified atom stereocenters. The van der Waals surface area contributed by atoms with Gasteiger partial charge >= 0.3 is 10.5 Å². The molecule has 0 aromatic carbocycles. The van der Waals surface area contributed by atoms with Crippen molar-refractivity contribution >= 4 is 41.8 Å². The first-order valence-corrected chi connectivity index (χ1v) is 14.3. The van der Waals surface area contributed by atoms with Crippen LogP contribution >= 0.6 is 0 Å². The number of rotatable bonds is 0. The van der Waals surface area contributed by atoms with Gasteiger partial charge in [0.2, 0.25) is 22.2 Å². The van der Waals surface area contributed by atoms with E-state index >= 15 is 0 Å². The van der Waals surface area contributed by atoms with Crippen molar-refractivity contribution in [2.45, 2.75) is 23.4 Å². The molecule has 0 amide bonds. The predicted octanol–water partition coefficient (Wildman–Crippen LogP) is 0.426. The SMILES string of the molecule is CN1CCOCC1.C[C-]1OS(=O)C(F)(F)C(F)(F)S(=O)O1.O=S1(=O)CC(F)(F)CS(=O)(=O)C1. The Bertz CT molecular complexity index is 874. The third kappa shape index (κ3) is 9.30. The summed E-state index contributed by atoms with van der Waals surface area (Å²) in [4.78, 5) is 2.27. The van der Waals surface area contributed by atoms with E-state index in [1.807, 2.05) is 0 Å². The lowest BCUT2D eigenvalue weighted by molar-refractivity contribution is -0.0949. The van der Waals surface area contributed by atoms with Crippen LogP contribution < -0.4 is 0 Å². The standard InChI is InChI=1S/C5H11NO.C4H3F4O4S2.C4H6F2O4S2/c1-6-2-4-7-5-3-6;1-2-11-13(9)3(5,6)4(7,8)14(10)12-2;5-4(6)1-11(7,8)3-12(9,10)2-4/h2-5H2,1H3;1H3;1-3H2/q;-1;. The summed E-state index contributed by atoms with van der Waals surface area (Å²) in [5.74, 6) is -6.35. The second-order valence-corrected chi connectivity index (χ2v) is 13.6. The van der Waals surface area contributed by atoms with Gasteiger partial charge in [-0.1, -0.05) is 6.29 Å². The lowest BCUT2D eigenvalue weighted by Crippen LogP contribution is -2.45. The quantitative estimate of drug-likeness (QED) is 0.295. The van der Waals surface area contributed by atoms with Crippen LogP contribution in [0.1, 0.15) is 6.92 Å². The van der Waals surface area contributed by atoms with Gasteiger partial charge in [0, 0.05) is 13.1 Å². The minimum absolute atomic E-state index is 0.841. The molecule has 198 valence electrons. The van der Waals surface area contributed by atoms with E-state index in [9.17, 15) is 51.6 Å². The van der Waals surface area contributed by atoms with E-state index in [1.165, 1.54) is 0 Å². The van der Waals surface area contributed by atoms with Crippen molar-refractivity contribution in [3.8, 4) is 0 Å². The monoisotopic (exact) mass is 576 g/mol. The van der Waals surface area contributed by atoms with Crippen LogP contribution in [0.2, 0.25) is 0 Å². The van der Waals surface area contributed by atoms with Crippen LogP contribution in [0, 0.1) is 6.29 Å². The van der Waals surface area contributed by atoms with Gasteiger partial charge in [-0.25, -0.2) is 34.0 Å². The first kappa shape index (κ1) is 30.7. The van der Waals surface area contributed by atoms with Gasteiger partial charge in [-0.3, -0.25) is 0 Å². The summed E-state index contributed by atoms with van der Waals surface area (Å²) in [6, 6.07) is 0. The highest BCUT2D eigenvalue weighted by atomic mass is 32.3. The second kappa shape index (κ2) is 11.1. The third-order valence-electron chi connectivity index (χ3n) is 3.60. The lowest BCUT2D eigenvalue weighted by atomic mass is 10.5. The second-order valence-electron chi connectivity index (χ2n) is 6.83. The maximum Gasteiger partial charge on any atom is 0.418 e. The molecule has 3 fully saturated rings. The number of sulfone groups is 2. The minimum Gasteiger partial charge on any atom is -0.431 e. The number of morpholine rings is 1. The zero-order valence-corrected chi connectivity index (χ0v) is 20.2. The Balaban J connectivity index is 0.000000260. The van der Waals surface area contributed by atoms with Crippen molar-refractivity contribution in [3.63, 3.8) is 0 Å². The highest BCUT2D eigenvalue weighted by molar-refractivity contribution is 8.08. The zero-order chi connectivity index (χ0) is 25.9. The smallest absolute Gasteiger partial charge is 0.418 e. The molecule has 20 heteroatoms. The number of hydrogen-bond acceptors (Lipinski definition) is 10. The molecular weight excluding hydrogens is 556 g/mol. The number of likely N-dealkylation sites (N-methyl/N-ethyl adjacent to an activating group) is 1. The molecule has 3 aliphatic rings. The molecule has 0 N–H and O–H groups in total. The maximum absolute atomic E-state index is 12.6. The number of halogens is 6. The summed E-state index contributed by atoms with van der Waals surface area (Å²) in [6.45, 7) is 4.86. The lowest BCUT2D eigenvalue weighted by Gasteiger charge is -2.21. The Labute approximate surface area is 191 Å². The van der Waals surface area contributed by atoms with Crippen LogP contribution in [-0.4, -0.2) is 96.5 Å². The third-order valence-corrected chi connectivity index (χ3v) is 10.4. The number of ether oxygens (including phenoxy) is 1. The first-order chi connectivity index (χ1) is 14.7. The van der Waals surface area contributed by atoms with Crippen LogP contribution in [0.15, 0.2) is 0 Å². The number of hydrogen-bond donors (Lipinski definition) is 0. The Hall–Kier alpha value is -0.380. The van der Waals surface area contributed by atoms with E-state index < -0.39 is 81.1 Å². The molecule has 3 heterocycles. The fourth-order valence-corrected chi connectivity index (χ4v) is 8.24. The molecule has 33 heavy (non-hydrogen) atoms. The molecule has 3 aliphatic heterocycles. The van der Waals surface area contributed by atoms with Gasteiger partial charge in [0.05, 0.1) is 13.2 Å². The highest BCUT2D eigenvalue weighted by Gasteiger charge is 2.67. The van der Waals surface area contributed by atoms with E-state index in [2.05, 4.69) is 20.3 Å². The van der Waals surface area contributed by atoms with Crippen molar-refractivity contribution < 1.29 is 64.7 Å². The molecule has 3 saturated heterocycles. The fraction of sp³-hybridized carbons (Fsp3) is 0.923. The molecule has 0 bridgehead atoms. The first-order valence-electron chi connectivity index (χ1n) is 8.55. The molecule has 0 aliphatic carbocycles. The van der Waals surface area contributed by atoms with Crippen molar-refractivity contribution in [3.05, 3.63) is 6.29 Å². The van der Waals surface area contributed by atoms with E-state index in [0.29, 0.717) is 0 Å². The number of nitrogens with zero attached hydrogens (tertiary/aromatic N) is 1. The van der Waals surface area contributed by atoms with Gasteiger partial charge in [0.25, 0.3) is 5.92 Å². The minimum atomic E-state index is -5.06. The van der Waals surface area contributed by atoms with E-state index in [0.717, 1.165) is 33.2 Å². The maximum atomic E-state index is 12.6. The van der Waals surface area contributed by atoms with Crippen molar-refractivity contribution in [2.24, 2.45) is 0 Å². The summed E-state index contributed by atoms with van der Waals surface area (Å²) in [6.07, 6.45) is -0.862. The predicted molar refractivity (Wildman–Crippen MR) is 103 cm³/mol. The normalized spacial score (nSPS) is 32.7. The van der Waals surface area contributed by atoms with Gasteiger partial charge in [-0.05, 0) is 7.05 Å². The molecule has 0 aromatic rings. The van der Waals surface area contributed by atoms with Crippen LogP contribution in [0.4, 0.5) is 26.3 Å². The van der Waals surface area contributed by atoms with Crippen LogP contribution in [-0.2, 0) is 54.9 Å². The largest absolute Gasteiger partial charge is 0.431 e.